The third kappa shape index (κ3) is 13.1. The minimum Gasteiger partial charge on any atom is -0.463 e. The lowest BCUT2D eigenvalue weighted by atomic mass is 9.72. The van der Waals surface area contributed by atoms with Gasteiger partial charge in [0, 0.05) is 6.61 Å². The van der Waals surface area contributed by atoms with Gasteiger partial charge < -0.3 is 23.7 Å². The molecule has 38 heavy (non-hydrogen) atoms. The van der Waals surface area contributed by atoms with Crippen LogP contribution in [-0.4, -0.2) is 61.4 Å². The molecule has 0 amide bonds. The molecule has 0 aromatic carbocycles. The Labute approximate surface area is 236 Å². The molecule has 0 heterocycles. The number of hydrogen-bond acceptors (Lipinski definition) is 6. The molecule has 0 aliphatic heterocycles. The molecule has 1 unspecified atom stereocenters. The molecule has 0 radical (unpaired) electrons. The van der Waals surface area contributed by atoms with Crippen molar-refractivity contribution in [2.75, 3.05) is 26.4 Å². The standard InChI is InChI=1S/C32H64O6/c1-24(2)34-19-17-28(7,8)32(15,16)38-25(3)23-29(9,10)31(13,14)37-20-18-30(11,12)36-22-21-35-26(33)27(4,5)6/h24-25H,17-23H2,1-16H3. The van der Waals surface area contributed by atoms with Crippen LogP contribution in [0.2, 0.25) is 0 Å². The van der Waals surface area contributed by atoms with Crippen LogP contribution in [-0.2, 0) is 28.5 Å². The van der Waals surface area contributed by atoms with Gasteiger partial charge in [-0.3, -0.25) is 4.79 Å². The Bertz CT molecular complexity index is 697. The molecule has 0 saturated heterocycles. The van der Waals surface area contributed by atoms with Gasteiger partial charge in [-0.05, 0) is 113 Å². The van der Waals surface area contributed by atoms with Gasteiger partial charge in [0.1, 0.15) is 6.61 Å². The molecular formula is C32H64O6. The second-order valence-corrected chi connectivity index (χ2v) is 15.2. The molecule has 228 valence electrons. The van der Waals surface area contributed by atoms with E-state index in [1.54, 1.807) is 0 Å². The van der Waals surface area contributed by atoms with E-state index in [4.69, 9.17) is 23.7 Å². The van der Waals surface area contributed by atoms with Crippen molar-refractivity contribution >= 4 is 5.97 Å². The molecule has 0 rings (SSSR count). The molecule has 0 aliphatic carbocycles. The van der Waals surface area contributed by atoms with E-state index in [-0.39, 0.29) is 52.4 Å². The van der Waals surface area contributed by atoms with Gasteiger partial charge in [-0.25, -0.2) is 0 Å². The third-order valence-electron chi connectivity index (χ3n) is 8.32. The molecule has 0 saturated carbocycles. The van der Waals surface area contributed by atoms with E-state index in [1.165, 1.54) is 0 Å². The second-order valence-electron chi connectivity index (χ2n) is 15.2. The van der Waals surface area contributed by atoms with Crippen molar-refractivity contribution in [1.29, 1.82) is 0 Å². The average Bonchev–Trinajstić information content (AvgIpc) is 2.68. The maximum absolute atomic E-state index is 11.9. The fourth-order valence-electron chi connectivity index (χ4n) is 4.01. The second kappa shape index (κ2) is 14.3. The average molecular weight is 545 g/mol. The van der Waals surface area contributed by atoms with Gasteiger partial charge in [-0.1, -0.05) is 27.7 Å². The fraction of sp³-hybridized carbons (Fsp3) is 0.969. The van der Waals surface area contributed by atoms with Crippen molar-refractivity contribution in [2.45, 2.75) is 159 Å². The van der Waals surface area contributed by atoms with Crippen molar-refractivity contribution in [3.63, 3.8) is 0 Å². The summed E-state index contributed by atoms with van der Waals surface area (Å²) in [4.78, 5) is 11.9. The minimum atomic E-state index is -0.501. The Morgan fingerprint density at radius 2 is 1.18 bits per heavy atom. The Hall–Kier alpha value is -0.690. The summed E-state index contributed by atoms with van der Waals surface area (Å²) in [5, 5.41) is 0. The summed E-state index contributed by atoms with van der Waals surface area (Å²) in [6.45, 7) is 35.7. The lowest BCUT2D eigenvalue weighted by Crippen LogP contribution is -2.48. The normalized spacial score (nSPS) is 15.2. The summed E-state index contributed by atoms with van der Waals surface area (Å²) >= 11 is 0. The first-order valence-corrected chi connectivity index (χ1v) is 14.6. The van der Waals surface area contributed by atoms with Crippen molar-refractivity contribution in [3.8, 4) is 0 Å². The summed E-state index contributed by atoms with van der Waals surface area (Å²) < 4.78 is 30.3. The van der Waals surface area contributed by atoms with Gasteiger partial charge in [0.25, 0.3) is 0 Å². The van der Waals surface area contributed by atoms with Gasteiger partial charge in [-0.15, -0.1) is 0 Å². The number of hydrogen-bond donors (Lipinski definition) is 0. The van der Waals surface area contributed by atoms with Gasteiger partial charge in [0.15, 0.2) is 0 Å². The van der Waals surface area contributed by atoms with Crippen molar-refractivity contribution in [2.24, 2.45) is 16.2 Å². The van der Waals surface area contributed by atoms with E-state index < -0.39 is 5.41 Å². The van der Waals surface area contributed by atoms with Crippen LogP contribution in [0.25, 0.3) is 0 Å². The molecule has 1 atom stereocenters. The highest BCUT2D eigenvalue weighted by molar-refractivity contribution is 5.75. The SMILES string of the molecule is CC(C)OCCC(C)(C)C(C)(C)OC(C)CC(C)(C)C(C)(C)OCCC(C)(C)OCCOC(=O)C(C)(C)C. The van der Waals surface area contributed by atoms with Crippen LogP contribution in [0.1, 0.15) is 130 Å². The molecule has 0 N–H and O–H groups in total. The van der Waals surface area contributed by atoms with Crippen LogP contribution >= 0.6 is 0 Å². The summed E-state index contributed by atoms with van der Waals surface area (Å²) in [6, 6.07) is 0. The quantitative estimate of drug-likeness (QED) is 0.129. The Morgan fingerprint density at radius 1 is 0.632 bits per heavy atom. The molecule has 0 bridgehead atoms. The molecular weight excluding hydrogens is 480 g/mol. The lowest BCUT2D eigenvalue weighted by Gasteiger charge is -2.47. The number of carbonyl (C=O) groups is 1. The maximum Gasteiger partial charge on any atom is 0.311 e. The van der Waals surface area contributed by atoms with E-state index in [0.29, 0.717) is 13.2 Å². The summed E-state index contributed by atoms with van der Waals surface area (Å²) in [6.07, 6.45) is 2.88. The first-order valence-electron chi connectivity index (χ1n) is 14.6. The first-order chi connectivity index (χ1) is 16.9. The Morgan fingerprint density at radius 3 is 1.68 bits per heavy atom. The summed E-state index contributed by atoms with van der Waals surface area (Å²) in [5.41, 5.74) is -1.66. The van der Waals surface area contributed by atoms with Gasteiger partial charge in [-0.2, -0.15) is 0 Å². The van der Waals surface area contributed by atoms with Gasteiger partial charge in [0.05, 0.1) is 47.6 Å². The van der Waals surface area contributed by atoms with Crippen LogP contribution in [0.5, 0.6) is 0 Å². The van der Waals surface area contributed by atoms with Crippen LogP contribution < -0.4 is 0 Å². The summed E-state index contributed by atoms with van der Waals surface area (Å²) in [5.74, 6) is -0.212. The predicted molar refractivity (Wildman–Crippen MR) is 158 cm³/mol. The van der Waals surface area contributed by atoms with Crippen molar-refractivity contribution < 1.29 is 28.5 Å². The minimum absolute atomic E-state index is 0.0248. The summed E-state index contributed by atoms with van der Waals surface area (Å²) in [7, 11) is 0. The number of ether oxygens (including phenoxy) is 5. The molecule has 0 aromatic rings. The number of carbonyl (C=O) groups excluding carboxylic acids is 1. The van der Waals surface area contributed by atoms with E-state index >= 15 is 0 Å². The van der Waals surface area contributed by atoms with Crippen LogP contribution in [0, 0.1) is 16.2 Å². The highest BCUT2D eigenvalue weighted by Crippen LogP contribution is 2.42. The smallest absolute Gasteiger partial charge is 0.311 e. The Balaban J connectivity index is 4.81. The lowest BCUT2D eigenvalue weighted by molar-refractivity contribution is -0.169. The molecule has 0 aliphatic rings. The monoisotopic (exact) mass is 544 g/mol. The molecule has 6 heteroatoms. The first kappa shape index (κ1) is 37.3. The Kier molecular flexibility index (Phi) is 14.0. The zero-order valence-corrected chi connectivity index (χ0v) is 28.1. The topological polar surface area (TPSA) is 63.2 Å². The van der Waals surface area contributed by atoms with E-state index in [0.717, 1.165) is 25.9 Å². The zero-order valence-electron chi connectivity index (χ0n) is 28.1. The fourth-order valence-corrected chi connectivity index (χ4v) is 4.01. The van der Waals surface area contributed by atoms with Crippen LogP contribution in [0.3, 0.4) is 0 Å². The van der Waals surface area contributed by atoms with Gasteiger partial charge in [0.2, 0.25) is 0 Å². The van der Waals surface area contributed by atoms with Crippen LogP contribution in [0.4, 0.5) is 0 Å². The van der Waals surface area contributed by atoms with E-state index in [1.807, 2.05) is 34.6 Å². The number of rotatable bonds is 18. The van der Waals surface area contributed by atoms with Crippen LogP contribution in [0.15, 0.2) is 0 Å². The molecule has 6 nitrogen and oxygen atoms in total. The van der Waals surface area contributed by atoms with Gasteiger partial charge >= 0.3 is 5.97 Å². The maximum atomic E-state index is 11.9. The van der Waals surface area contributed by atoms with Crippen molar-refractivity contribution in [1.82, 2.24) is 0 Å². The zero-order chi connectivity index (χ0) is 30.2. The highest BCUT2D eigenvalue weighted by atomic mass is 16.6. The molecule has 0 spiro atoms. The van der Waals surface area contributed by atoms with E-state index in [9.17, 15) is 4.79 Å². The predicted octanol–water partition coefficient (Wildman–Crippen LogP) is 8.00. The van der Waals surface area contributed by atoms with E-state index in [2.05, 4.69) is 76.2 Å². The number of esters is 1. The molecule has 0 aromatic heterocycles. The van der Waals surface area contributed by atoms with Crippen molar-refractivity contribution in [3.05, 3.63) is 0 Å². The largest absolute Gasteiger partial charge is 0.463 e. The molecule has 0 fully saturated rings. The highest BCUT2D eigenvalue weighted by Gasteiger charge is 2.43. The third-order valence-corrected chi connectivity index (χ3v) is 8.32.